The van der Waals surface area contributed by atoms with Crippen LogP contribution in [0.3, 0.4) is 0 Å². The molecule has 2 atom stereocenters. The number of piperidine rings is 1. The van der Waals surface area contributed by atoms with Crippen molar-refractivity contribution in [1.82, 2.24) is 14.5 Å². The van der Waals surface area contributed by atoms with Crippen LogP contribution >= 0.6 is 0 Å². The summed E-state index contributed by atoms with van der Waals surface area (Å²) >= 11 is 0. The number of halogens is 1. The van der Waals surface area contributed by atoms with E-state index in [-0.39, 0.29) is 29.2 Å². The Morgan fingerprint density at radius 2 is 2.31 bits per heavy atom. The lowest BCUT2D eigenvalue weighted by molar-refractivity contribution is -0.0449. The van der Waals surface area contributed by atoms with Gasteiger partial charge >= 0.3 is 0 Å². The van der Waals surface area contributed by atoms with Crippen LogP contribution in [-0.2, 0) is 11.8 Å². The molecule has 0 radical (unpaired) electrons. The van der Waals surface area contributed by atoms with Crippen molar-refractivity contribution in [3.63, 3.8) is 0 Å². The lowest BCUT2D eigenvalue weighted by Crippen LogP contribution is -2.50. The van der Waals surface area contributed by atoms with Crippen molar-refractivity contribution in [3.05, 3.63) is 48.2 Å². The zero-order chi connectivity index (χ0) is 18.1. The number of carbonyl (C=O) groups excluding carboxylic acids is 1. The zero-order valence-corrected chi connectivity index (χ0v) is 14.8. The van der Waals surface area contributed by atoms with Gasteiger partial charge in [0.1, 0.15) is 5.69 Å². The van der Waals surface area contributed by atoms with E-state index in [2.05, 4.69) is 10.3 Å². The number of anilines is 1. The smallest absolute Gasteiger partial charge is 0.270 e. The van der Waals surface area contributed by atoms with Crippen LogP contribution in [0.5, 0.6) is 0 Å². The molecule has 26 heavy (non-hydrogen) atoms. The van der Waals surface area contributed by atoms with E-state index in [0.717, 1.165) is 25.8 Å². The average Bonchev–Trinajstić information content (AvgIpc) is 3.23. The molecular formula is C19H23FN4O2. The molecule has 2 aromatic rings. The van der Waals surface area contributed by atoms with Gasteiger partial charge in [-0.2, -0.15) is 0 Å². The third kappa shape index (κ3) is 3.19. The largest absolute Gasteiger partial charge is 0.371 e. The van der Waals surface area contributed by atoms with E-state index in [4.69, 9.17) is 4.74 Å². The monoisotopic (exact) mass is 358 g/mol. The second-order valence-corrected chi connectivity index (χ2v) is 7.21. The summed E-state index contributed by atoms with van der Waals surface area (Å²) in [6, 6.07) is 6.67. The molecular weight excluding hydrogens is 335 g/mol. The molecule has 2 aliphatic rings. The lowest BCUT2D eigenvalue weighted by atomic mass is 9.88. The molecule has 0 aliphatic carbocycles. The molecule has 7 heteroatoms. The molecule has 1 N–H and O–H groups in total. The lowest BCUT2D eigenvalue weighted by Gasteiger charge is -2.39. The van der Waals surface area contributed by atoms with Crippen molar-refractivity contribution in [2.75, 3.05) is 25.0 Å². The van der Waals surface area contributed by atoms with Crippen LogP contribution in [0.2, 0.25) is 0 Å². The summed E-state index contributed by atoms with van der Waals surface area (Å²) in [5.74, 6) is -0.0735. The molecule has 0 saturated carbocycles. The number of hydrogen-bond acceptors (Lipinski definition) is 4. The van der Waals surface area contributed by atoms with E-state index in [9.17, 15) is 9.18 Å². The van der Waals surface area contributed by atoms with E-state index in [1.165, 1.54) is 6.07 Å². The van der Waals surface area contributed by atoms with Crippen LogP contribution in [0.4, 0.5) is 10.2 Å². The zero-order valence-electron chi connectivity index (χ0n) is 14.8. The van der Waals surface area contributed by atoms with Gasteiger partial charge in [0.2, 0.25) is 0 Å². The van der Waals surface area contributed by atoms with Gasteiger partial charge in [0.25, 0.3) is 5.91 Å². The number of nitrogens with one attached hydrogen (secondary N) is 1. The summed E-state index contributed by atoms with van der Waals surface area (Å²) in [4.78, 5) is 18.7. The fraction of sp³-hybridized carbons (Fsp3) is 0.474. The van der Waals surface area contributed by atoms with Crippen molar-refractivity contribution >= 4 is 11.7 Å². The number of carbonyl (C=O) groups is 1. The van der Waals surface area contributed by atoms with E-state index in [1.807, 2.05) is 34.8 Å². The third-order valence-electron chi connectivity index (χ3n) is 5.30. The van der Waals surface area contributed by atoms with Crippen LogP contribution in [0, 0.1) is 5.82 Å². The molecule has 0 unspecified atom stereocenters. The number of aryl methyl sites for hydroxylation is 1. The fourth-order valence-corrected chi connectivity index (χ4v) is 4.02. The highest BCUT2D eigenvalue weighted by Gasteiger charge is 2.45. The molecule has 2 aliphatic heterocycles. The van der Waals surface area contributed by atoms with Crippen molar-refractivity contribution in [2.45, 2.75) is 30.9 Å². The number of amides is 1. The first-order chi connectivity index (χ1) is 12.6. The summed E-state index contributed by atoms with van der Waals surface area (Å²) in [6.07, 6.45) is 5.99. The summed E-state index contributed by atoms with van der Waals surface area (Å²) in [5.41, 5.74) is 0.326. The van der Waals surface area contributed by atoms with Gasteiger partial charge in [-0.05, 0) is 37.1 Å². The Balaban J connectivity index is 1.43. The number of likely N-dealkylation sites (tertiary alicyclic amines) is 1. The minimum absolute atomic E-state index is 0.00973. The predicted octanol–water partition coefficient (Wildman–Crippen LogP) is 2.44. The number of nitrogens with zero attached hydrogens (tertiary/aromatic N) is 3. The van der Waals surface area contributed by atoms with Gasteiger partial charge in [0.05, 0.1) is 24.8 Å². The van der Waals surface area contributed by atoms with E-state index in [1.54, 1.807) is 12.3 Å². The molecule has 4 heterocycles. The normalized spacial score (nSPS) is 25.6. The first-order valence-corrected chi connectivity index (χ1v) is 8.98. The first kappa shape index (κ1) is 17.0. The van der Waals surface area contributed by atoms with Crippen LogP contribution in [0.15, 0.2) is 36.7 Å². The van der Waals surface area contributed by atoms with E-state index in [0.29, 0.717) is 18.8 Å². The van der Waals surface area contributed by atoms with Gasteiger partial charge in [-0.25, -0.2) is 9.37 Å². The highest BCUT2D eigenvalue weighted by molar-refractivity contribution is 5.92. The first-order valence-electron chi connectivity index (χ1n) is 8.98. The Kier molecular flexibility index (Phi) is 4.40. The molecule has 6 nitrogen and oxygen atoms in total. The number of rotatable bonds is 3. The minimum Gasteiger partial charge on any atom is -0.371 e. The van der Waals surface area contributed by atoms with Gasteiger partial charge in [-0.3, -0.25) is 4.79 Å². The molecule has 1 amide bonds. The molecule has 2 saturated heterocycles. The molecule has 0 aromatic carbocycles. The van der Waals surface area contributed by atoms with Crippen LogP contribution in [0.1, 0.15) is 29.8 Å². The van der Waals surface area contributed by atoms with Crippen LogP contribution in [0.25, 0.3) is 0 Å². The quantitative estimate of drug-likeness (QED) is 0.916. The standard InChI is InChI=1S/C19H23FN4O2/c1-23-9-3-6-16(23)18(25)24-10-4-7-19(13-24)11-14(12-26-19)22-17-15(20)5-2-8-21-17/h2-3,5-6,8-9,14H,4,7,10-13H2,1H3,(H,21,22)/t14-,19-/m1/s1. The maximum Gasteiger partial charge on any atom is 0.270 e. The van der Waals surface area contributed by atoms with Crippen molar-refractivity contribution in [2.24, 2.45) is 7.05 Å². The second-order valence-electron chi connectivity index (χ2n) is 7.21. The maximum absolute atomic E-state index is 13.8. The molecule has 1 spiro atoms. The Labute approximate surface area is 152 Å². The van der Waals surface area contributed by atoms with Gasteiger partial charge in [0, 0.05) is 32.4 Å². The molecule has 2 aromatic heterocycles. The molecule has 4 rings (SSSR count). The summed E-state index contributed by atoms with van der Waals surface area (Å²) in [5, 5.41) is 3.14. The van der Waals surface area contributed by atoms with Crippen molar-refractivity contribution in [3.8, 4) is 0 Å². The number of pyridine rings is 1. The highest BCUT2D eigenvalue weighted by atomic mass is 19.1. The topological polar surface area (TPSA) is 59.4 Å². The second kappa shape index (κ2) is 6.72. The molecule has 138 valence electrons. The number of aromatic nitrogens is 2. The molecule has 2 fully saturated rings. The van der Waals surface area contributed by atoms with Gasteiger partial charge in [0.15, 0.2) is 11.6 Å². The Morgan fingerprint density at radius 1 is 1.42 bits per heavy atom. The summed E-state index contributed by atoms with van der Waals surface area (Å²) in [6.45, 7) is 1.80. The Morgan fingerprint density at radius 3 is 3.08 bits per heavy atom. The van der Waals surface area contributed by atoms with Gasteiger partial charge < -0.3 is 19.5 Å². The highest BCUT2D eigenvalue weighted by Crippen LogP contribution is 2.36. The predicted molar refractivity (Wildman–Crippen MR) is 95.5 cm³/mol. The minimum atomic E-state index is -0.363. The summed E-state index contributed by atoms with van der Waals surface area (Å²) in [7, 11) is 1.88. The maximum atomic E-state index is 13.8. The van der Waals surface area contributed by atoms with E-state index >= 15 is 0 Å². The average molecular weight is 358 g/mol. The van der Waals surface area contributed by atoms with E-state index < -0.39 is 0 Å². The van der Waals surface area contributed by atoms with Gasteiger partial charge in [-0.1, -0.05) is 0 Å². The van der Waals surface area contributed by atoms with Gasteiger partial charge in [-0.15, -0.1) is 0 Å². The van der Waals surface area contributed by atoms with Crippen LogP contribution in [-0.4, -0.2) is 51.7 Å². The SMILES string of the molecule is Cn1cccc1C(=O)N1CCC[C@@]2(C[C@@H](Nc3ncccc3F)CO2)C1. The van der Waals surface area contributed by atoms with Crippen molar-refractivity contribution < 1.29 is 13.9 Å². The van der Waals surface area contributed by atoms with Crippen molar-refractivity contribution in [1.29, 1.82) is 0 Å². The number of ether oxygens (including phenoxy) is 1. The number of hydrogen-bond donors (Lipinski definition) is 1. The Bertz CT molecular complexity index is 808. The van der Waals surface area contributed by atoms with Crippen LogP contribution < -0.4 is 5.32 Å². The molecule has 0 bridgehead atoms. The summed E-state index contributed by atoms with van der Waals surface area (Å²) < 4.78 is 21.8. The Hall–Kier alpha value is -2.41. The third-order valence-corrected chi connectivity index (χ3v) is 5.30. The fourth-order valence-electron chi connectivity index (χ4n) is 4.02.